The van der Waals surface area contributed by atoms with Crippen molar-refractivity contribution in [3.05, 3.63) is 16.9 Å². The van der Waals surface area contributed by atoms with Crippen molar-refractivity contribution < 1.29 is 9.53 Å². The molecule has 0 unspecified atom stereocenters. The number of rotatable bonds is 3. The maximum atomic E-state index is 11.3. The van der Waals surface area contributed by atoms with Gasteiger partial charge in [0.2, 0.25) is 0 Å². The molecule has 0 saturated carbocycles. The highest BCUT2D eigenvalue weighted by Crippen LogP contribution is 2.15. The number of nitrogens with zero attached hydrogens (tertiary/aromatic N) is 2. The first-order valence-electron chi connectivity index (χ1n) is 4.09. The second kappa shape index (κ2) is 4.28. The number of carbonyl (C=O) groups excluding carboxylic acids is 1. The first-order chi connectivity index (χ1) is 6.20. The van der Waals surface area contributed by atoms with Gasteiger partial charge >= 0.3 is 5.97 Å². The Morgan fingerprint density at radius 1 is 1.69 bits per heavy atom. The van der Waals surface area contributed by atoms with Crippen molar-refractivity contribution in [1.82, 2.24) is 9.78 Å². The van der Waals surface area contributed by atoms with Crippen LogP contribution in [0.3, 0.4) is 0 Å². The van der Waals surface area contributed by atoms with Gasteiger partial charge in [-0.1, -0.05) is 11.6 Å². The van der Waals surface area contributed by atoms with Crippen LogP contribution in [-0.4, -0.2) is 22.4 Å². The summed E-state index contributed by atoms with van der Waals surface area (Å²) in [4.78, 5) is 11.3. The van der Waals surface area contributed by atoms with E-state index in [1.54, 1.807) is 6.92 Å². The van der Waals surface area contributed by atoms with Gasteiger partial charge in [0.05, 0.1) is 17.8 Å². The number of ether oxygens (including phenoxy) is 1. The number of carbonyl (C=O) groups is 1. The fourth-order valence-electron chi connectivity index (χ4n) is 1.00. The molecule has 0 amide bonds. The monoisotopic (exact) mass is 202 g/mol. The summed E-state index contributed by atoms with van der Waals surface area (Å²) in [6.45, 7) is 4.56. The summed E-state index contributed by atoms with van der Waals surface area (Å²) >= 11 is 5.77. The first-order valence-corrected chi connectivity index (χ1v) is 4.46. The third-order valence-corrected chi connectivity index (χ3v) is 1.84. The van der Waals surface area contributed by atoms with Crippen molar-refractivity contribution in [2.45, 2.75) is 20.4 Å². The fraction of sp³-hybridized carbons (Fsp3) is 0.500. The van der Waals surface area contributed by atoms with E-state index >= 15 is 0 Å². The van der Waals surface area contributed by atoms with E-state index in [0.29, 0.717) is 23.9 Å². The Hall–Kier alpha value is -1.03. The first kappa shape index (κ1) is 10.1. The summed E-state index contributed by atoms with van der Waals surface area (Å²) in [5, 5.41) is 4.26. The van der Waals surface area contributed by atoms with E-state index in [2.05, 4.69) is 5.10 Å². The fourth-order valence-corrected chi connectivity index (χ4v) is 1.22. The molecule has 0 aromatic carbocycles. The van der Waals surface area contributed by atoms with Crippen LogP contribution in [0.1, 0.15) is 24.3 Å². The van der Waals surface area contributed by atoms with E-state index in [1.807, 2.05) is 6.92 Å². The summed E-state index contributed by atoms with van der Waals surface area (Å²) in [7, 11) is 0. The summed E-state index contributed by atoms with van der Waals surface area (Å²) in [6, 6.07) is 0. The van der Waals surface area contributed by atoms with Gasteiger partial charge in [-0.3, -0.25) is 4.68 Å². The number of aryl methyl sites for hydroxylation is 1. The zero-order valence-corrected chi connectivity index (χ0v) is 8.34. The van der Waals surface area contributed by atoms with Crippen LogP contribution in [0.25, 0.3) is 0 Å². The van der Waals surface area contributed by atoms with Gasteiger partial charge in [-0.2, -0.15) is 5.10 Å². The maximum absolute atomic E-state index is 11.3. The third-order valence-electron chi connectivity index (χ3n) is 1.56. The zero-order chi connectivity index (χ0) is 9.84. The van der Waals surface area contributed by atoms with E-state index in [1.165, 1.54) is 10.9 Å². The molecule has 5 heteroatoms. The highest BCUT2D eigenvalue weighted by Gasteiger charge is 2.17. The van der Waals surface area contributed by atoms with Gasteiger partial charge in [0.15, 0.2) is 5.69 Å². The van der Waals surface area contributed by atoms with Gasteiger partial charge in [0, 0.05) is 6.54 Å². The molecular weight excluding hydrogens is 192 g/mol. The van der Waals surface area contributed by atoms with Crippen LogP contribution >= 0.6 is 11.6 Å². The van der Waals surface area contributed by atoms with Crippen LogP contribution in [0.15, 0.2) is 6.20 Å². The van der Waals surface area contributed by atoms with Gasteiger partial charge < -0.3 is 4.74 Å². The SMILES string of the molecule is CCOC(=O)c1c(Cl)cnn1CC. The molecule has 0 N–H and O–H groups in total. The van der Waals surface area contributed by atoms with Crippen molar-refractivity contribution in [2.75, 3.05) is 6.61 Å². The maximum Gasteiger partial charge on any atom is 0.358 e. The summed E-state index contributed by atoms with van der Waals surface area (Å²) < 4.78 is 6.34. The molecule has 4 nitrogen and oxygen atoms in total. The van der Waals surface area contributed by atoms with Crippen molar-refractivity contribution in [3.8, 4) is 0 Å². The Balaban J connectivity index is 2.96. The Morgan fingerprint density at radius 3 is 2.92 bits per heavy atom. The molecule has 0 aliphatic rings. The molecule has 0 spiro atoms. The van der Waals surface area contributed by atoms with Crippen LogP contribution in [0.5, 0.6) is 0 Å². The minimum Gasteiger partial charge on any atom is -0.461 e. The highest BCUT2D eigenvalue weighted by molar-refractivity contribution is 6.33. The van der Waals surface area contributed by atoms with Crippen molar-refractivity contribution in [1.29, 1.82) is 0 Å². The molecule has 0 fully saturated rings. The van der Waals surface area contributed by atoms with E-state index in [9.17, 15) is 4.79 Å². The number of esters is 1. The number of hydrogen-bond donors (Lipinski definition) is 0. The molecule has 1 aromatic rings. The summed E-state index contributed by atoms with van der Waals surface area (Å²) in [5.74, 6) is -0.424. The largest absolute Gasteiger partial charge is 0.461 e. The molecule has 0 aliphatic carbocycles. The van der Waals surface area contributed by atoms with Gasteiger partial charge in [0.25, 0.3) is 0 Å². The molecule has 1 rings (SSSR count). The molecule has 13 heavy (non-hydrogen) atoms. The Kier molecular flexibility index (Phi) is 3.31. The van der Waals surface area contributed by atoms with Crippen LogP contribution in [0.4, 0.5) is 0 Å². The van der Waals surface area contributed by atoms with Gasteiger partial charge in [-0.15, -0.1) is 0 Å². The minimum absolute atomic E-state index is 0.325. The normalized spacial score (nSPS) is 10.1. The molecule has 72 valence electrons. The van der Waals surface area contributed by atoms with E-state index < -0.39 is 5.97 Å². The topological polar surface area (TPSA) is 44.1 Å². The molecule has 1 aromatic heterocycles. The Labute approximate surface area is 81.4 Å². The van der Waals surface area contributed by atoms with Gasteiger partial charge in [-0.25, -0.2) is 4.79 Å². The van der Waals surface area contributed by atoms with E-state index in [-0.39, 0.29) is 0 Å². The predicted molar refractivity (Wildman–Crippen MR) is 48.9 cm³/mol. The quantitative estimate of drug-likeness (QED) is 0.702. The number of halogens is 1. The molecule has 0 atom stereocenters. The zero-order valence-electron chi connectivity index (χ0n) is 7.58. The Bertz CT molecular complexity index is 309. The molecule has 0 saturated heterocycles. The third kappa shape index (κ3) is 2.01. The highest BCUT2D eigenvalue weighted by atomic mass is 35.5. The van der Waals surface area contributed by atoms with Gasteiger partial charge in [0.1, 0.15) is 0 Å². The smallest absolute Gasteiger partial charge is 0.358 e. The van der Waals surface area contributed by atoms with Crippen molar-refractivity contribution in [3.63, 3.8) is 0 Å². The molecular formula is C8H11ClN2O2. The molecule has 0 aliphatic heterocycles. The lowest BCUT2D eigenvalue weighted by Gasteiger charge is -2.03. The number of hydrogen-bond acceptors (Lipinski definition) is 3. The lowest BCUT2D eigenvalue weighted by atomic mass is 10.4. The van der Waals surface area contributed by atoms with Gasteiger partial charge in [-0.05, 0) is 13.8 Å². The van der Waals surface area contributed by atoms with Crippen LogP contribution < -0.4 is 0 Å². The van der Waals surface area contributed by atoms with E-state index in [0.717, 1.165) is 0 Å². The number of aromatic nitrogens is 2. The average Bonchev–Trinajstić information content (AvgIpc) is 2.47. The second-order valence-corrected chi connectivity index (χ2v) is 2.78. The average molecular weight is 203 g/mol. The van der Waals surface area contributed by atoms with Crippen LogP contribution in [0, 0.1) is 0 Å². The predicted octanol–water partition coefficient (Wildman–Crippen LogP) is 1.73. The lowest BCUT2D eigenvalue weighted by molar-refractivity contribution is 0.0512. The van der Waals surface area contributed by atoms with Crippen LogP contribution in [-0.2, 0) is 11.3 Å². The van der Waals surface area contributed by atoms with Crippen LogP contribution in [0.2, 0.25) is 5.02 Å². The summed E-state index contributed by atoms with van der Waals surface area (Å²) in [6.07, 6.45) is 1.44. The van der Waals surface area contributed by atoms with Crippen molar-refractivity contribution in [2.24, 2.45) is 0 Å². The lowest BCUT2D eigenvalue weighted by Crippen LogP contribution is -2.12. The Morgan fingerprint density at radius 2 is 2.38 bits per heavy atom. The molecule has 0 bridgehead atoms. The van der Waals surface area contributed by atoms with Crippen molar-refractivity contribution >= 4 is 17.6 Å². The molecule has 0 radical (unpaired) electrons. The standard InChI is InChI=1S/C8H11ClN2O2/c1-3-11-7(6(9)5-10-11)8(12)13-4-2/h5H,3-4H2,1-2H3. The second-order valence-electron chi connectivity index (χ2n) is 2.38. The minimum atomic E-state index is -0.424. The van der Waals surface area contributed by atoms with E-state index in [4.69, 9.17) is 16.3 Å². The molecule has 1 heterocycles. The summed E-state index contributed by atoms with van der Waals surface area (Å²) in [5.41, 5.74) is 0.325.